The first kappa shape index (κ1) is 21.1. The van der Waals surface area contributed by atoms with Gasteiger partial charge in [-0.25, -0.2) is 9.36 Å². The van der Waals surface area contributed by atoms with Crippen molar-refractivity contribution < 1.29 is 9.72 Å². The first-order valence-corrected chi connectivity index (χ1v) is 10.3. The van der Waals surface area contributed by atoms with Gasteiger partial charge < -0.3 is 9.80 Å². The number of piperazine rings is 1. The molecule has 1 unspecified atom stereocenters. The summed E-state index contributed by atoms with van der Waals surface area (Å²) in [6.45, 7) is 3.41. The summed E-state index contributed by atoms with van der Waals surface area (Å²) in [5, 5.41) is 12.4. The molecule has 0 spiro atoms. The zero-order valence-corrected chi connectivity index (χ0v) is 18.0. The van der Waals surface area contributed by atoms with Crippen molar-refractivity contribution in [3.8, 4) is 0 Å². The molecule has 1 fully saturated rings. The lowest BCUT2D eigenvalue weighted by Gasteiger charge is -2.41. The summed E-state index contributed by atoms with van der Waals surface area (Å²) in [4.78, 5) is 40.1. The summed E-state index contributed by atoms with van der Waals surface area (Å²) >= 11 is 12.1. The van der Waals surface area contributed by atoms with Gasteiger partial charge in [-0.1, -0.05) is 23.2 Å². The standard InChI is InChI=1S/C21H18Cl2N4O4/c1-13-12-24(15-3-5-17(22)18(23)11-15)8-9-25(13)21(29)26-19-6-4-16(27(30)31)10-14(19)2-7-20(26)28/h2-7,10-11,13H,8-9,12H2,1H3. The number of hydrogen-bond donors (Lipinski definition) is 0. The van der Waals surface area contributed by atoms with E-state index < -0.39 is 16.5 Å². The lowest BCUT2D eigenvalue weighted by atomic mass is 10.1. The second-order valence-electron chi connectivity index (χ2n) is 7.38. The van der Waals surface area contributed by atoms with Crippen LogP contribution >= 0.6 is 23.2 Å². The van der Waals surface area contributed by atoms with Crippen LogP contribution in [0.1, 0.15) is 6.92 Å². The Morgan fingerprint density at radius 1 is 1.06 bits per heavy atom. The van der Waals surface area contributed by atoms with E-state index >= 15 is 0 Å². The fourth-order valence-corrected chi connectivity index (χ4v) is 4.12. The molecule has 1 atom stereocenters. The topological polar surface area (TPSA) is 88.7 Å². The van der Waals surface area contributed by atoms with Crippen LogP contribution in [0.5, 0.6) is 0 Å². The van der Waals surface area contributed by atoms with Crippen LogP contribution in [0.2, 0.25) is 10.0 Å². The van der Waals surface area contributed by atoms with Crippen molar-refractivity contribution in [1.82, 2.24) is 9.47 Å². The quantitative estimate of drug-likeness (QED) is 0.417. The number of nitro benzene ring substituents is 1. The number of rotatable bonds is 2. The predicted octanol–water partition coefficient (Wildman–Crippen LogP) is 4.40. The van der Waals surface area contributed by atoms with E-state index in [1.165, 1.54) is 30.3 Å². The van der Waals surface area contributed by atoms with Crippen LogP contribution in [0, 0.1) is 10.1 Å². The van der Waals surface area contributed by atoms with Crippen LogP contribution in [-0.2, 0) is 0 Å². The van der Waals surface area contributed by atoms with Crippen LogP contribution in [0.4, 0.5) is 16.2 Å². The molecule has 0 radical (unpaired) electrons. The molecule has 1 saturated heterocycles. The van der Waals surface area contributed by atoms with Crippen molar-refractivity contribution in [2.24, 2.45) is 0 Å². The molecule has 3 aromatic rings. The van der Waals surface area contributed by atoms with Crippen molar-refractivity contribution in [3.63, 3.8) is 0 Å². The number of anilines is 1. The molecule has 31 heavy (non-hydrogen) atoms. The summed E-state index contributed by atoms with van der Waals surface area (Å²) in [5.41, 5.74) is 0.657. The zero-order chi connectivity index (χ0) is 22.3. The number of pyridine rings is 1. The number of non-ortho nitro benzene ring substituents is 1. The Hall–Kier alpha value is -3.10. The van der Waals surface area contributed by atoms with Crippen molar-refractivity contribution in [3.05, 3.63) is 79.0 Å². The van der Waals surface area contributed by atoms with Gasteiger partial charge in [0.15, 0.2) is 0 Å². The van der Waals surface area contributed by atoms with E-state index in [0.717, 1.165) is 10.3 Å². The molecule has 0 bridgehead atoms. The molecule has 8 nitrogen and oxygen atoms in total. The van der Waals surface area contributed by atoms with Gasteiger partial charge in [0.1, 0.15) is 0 Å². The molecule has 2 heterocycles. The largest absolute Gasteiger partial charge is 0.368 e. The molecular formula is C21H18Cl2N4O4. The minimum atomic E-state index is -0.513. The van der Waals surface area contributed by atoms with Crippen LogP contribution in [0.3, 0.4) is 0 Å². The molecule has 160 valence electrons. The van der Waals surface area contributed by atoms with Crippen molar-refractivity contribution >= 4 is 51.5 Å². The van der Waals surface area contributed by atoms with Crippen LogP contribution < -0.4 is 10.5 Å². The van der Waals surface area contributed by atoms with E-state index in [-0.39, 0.29) is 11.7 Å². The monoisotopic (exact) mass is 460 g/mol. The predicted molar refractivity (Wildman–Crippen MR) is 120 cm³/mol. The van der Waals surface area contributed by atoms with Crippen LogP contribution in [0.25, 0.3) is 10.9 Å². The third-order valence-electron chi connectivity index (χ3n) is 5.42. The van der Waals surface area contributed by atoms with E-state index in [2.05, 4.69) is 4.90 Å². The average Bonchev–Trinajstić information content (AvgIpc) is 2.74. The number of nitrogens with zero attached hydrogens (tertiary/aromatic N) is 4. The van der Waals surface area contributed by atoms with Gasteiger partial charge in [0, 0.05) is 54.9 Å². The summed E-state index contributed by atoms with van der Waals surface area (Å²) in [6, 6.07) is 11.6. The summed E-state index contributed by atoms with van der Waals surface area (Å²) < 4.78 is 1.07. The van der Waals surface area contributed by atoms with Crippen molar-refractivity contribution in [2.45, 2.75) is 13.0 Å². The Labute approximate surface area is 187 Å². The maximum absolute atomic E-state index is 13.3. The molecule has 0 aliphatic carbocycles. The number of hydrogen-bond acceptors (Lipinski definition) is 5. The first-order valence-electron chi connectivity index (χ1n) is 9.57. The third-order valence-corrected chi connectivity index (χ3v) is 6.16. The van der Waals surface area contributed by atoms with Crippen LogP contribution in [0.15, 0.2) is 53.3 Å². The smallest absolute Gasteiger partial charge is 0.332 e. The van der Waals surface area contributed by atoms with E-state index in [4.69, 9.17) is 23.2 Å². The SMILES string of the molecule is CC1CN(c2ccc(Cl)c(Cl)c2)CCN1C(=O)n1c(=O)ccc2cc([N+](=O)[O-])ccc21. The highest BCUT2D eigenvalue weighted by molar-refractivity contribution is 6.42. The van der Waals surface area contributed by atoms with Gasteiger partial charge in [-0.05, 0) is 37.3 Å². The minimum Gasteiger partial charge on any atom is -0.368 e. The normalized spacial score (nSPS) is 16.5. The van der Waals surface area contributed by atoms with E-state index in [1.807, 2.05) is 13.0 Å². The molecule has 1 aliphatic rings. The number of halogens is 2. The molecule has 10 heteroatoms. The Balaban J connectivity index is 1.62. The molecular weight excluding hydrogens is 443 g/mol. The Morgan fingerprint density at radius 2 is 1.84 bits per heavy atom. The molecule has 4 rings (SSSR count). The van der Waals surface area contributed by atoms with E-state index in [1.54, 1.807) is 17.0 Å². The van der Waals surface area contributed by atoms with Gasteiger partial charge in [0.05, 0.1) is 20.5 Å². The lowest BCUT2D eigenvalue weighted by Crippen LogP contribution is -2.56. The van der Waals surface area contributed by atoms with Gasteiger partial charge >= 0.3 is 6.03 Å². The van der Waals surface area contributed by atoms with Gasteiger partial charge in [0.2, 0.25) is 0 Å². The fraction of sp³-hybridized carbons (Fsp3) is 0.238. The molecule has 0 saturated carbocycles. The number of amides is 1. The maximum Gasteiger partial charge on any atom is 0.332 e. The third kappa shape index (κ3) is 3.96. The van der Waals surface area contributed by atoms with E-state index in [0.29, 0.717) is 40.6 Å². The number of benzene rings is 2. The summed E-state index contributed by atoms with van der Waals surface area (Å²) in [6.07, 6.45) is 0. The average molecular weight is 461 g/mol. The molecule has 0 N–H and O–H groups in total. The Bertz CT molecular complexity index is 1260. The molecule has 1 aromatic heterocycles. The Kier molecular flexibility index (Phi) is 5.60. The minimum absolute atomic E-state index is 0.103. The number of nitro groups is 1. The maximum atomic E-state index is 13.3. The summed E-state index contributed by atoms with van der Waals surface area (Å²) in [7, 11) is 0. The second kappa shape index (κ2) is 8.20. The summed E-state index contributed by atoms with van der Waals surface area (Å²) in [5.74, 6) is 0. The number of carbonyl (C=O) groups is 1. The van der Waals surface area contributed by atoms with Gasteiger partial charge in [-0.3, -0.25) is 14.9 Å². The number of aromatic nitrogens is 1. The highest BCUT2D eigenvalue weighted by Gasteiger charge is 2.30. The number of fused-ring (bicyclic) bond motifs is 1. The van der Waals surface area contributed by atoms with Gasteiger partial charge in [-0.15, -0.1) is 0 Å². The zero-order valence-electron chi connectivity index (χ0n) is 16.5. The molecule has 2 aromatic carbocycles. The van der Waals surface area contributed by atoms with Gasteiger partial charge in [0.25, 0.3) is 11.2 Å². The highest BCUT2D eigenvalue weighted by Crippen LogP contribution is 2.29. The molecule has 1 amide bonds. The number of carbonyl (C=O) groups excluding carboxylic acids is 1. The first-order chi connectivity index (χ1) is 14.8. The Morgan fingerprint density at radius 3 is 2.52 bits per heavy atom. The lowest BCUT2D eigenvalue weighted by molar-refractivity contribution is -0.384. The van der Waals surface area contributed by atoms with Crippen molar-refractivity contribution in [1.29, 1.82) is 0 Å². The molecule has 1 aliphatic heterocycles. The highest BCUT2D eigenvalue weighted by atomic mass is 35.5. The second-order valence-corrected chi connectivity index (χ2v) is 8.19. The van der Waals surface area contributed by atoms with E-state index in [9.17, 15) is 19.7 Å². The van der Waals surface area contributed by atoms with Gasteiger partial charge in [-0.2, -0.15) is 0 Å². The van der Waals surface area contributed by atoms with Crippen LogP contribution in [-0.4, -0.2) is 46.1 Å². The fourth-order valence-electron chi connectivity index (χ4n) is 3.83. The van der Waals surface area contributed by atoms with Crippen molar-refractivity contribution in [2.75, 3.05) is 24.5 Å².